The third-order valence-electron chi connectivity index (χ3n) is 2.73. The molecule has 0 saturated carbocycles. The van der Waals surface area contributed by atoms with Crippen LogP contribution in [0.5, 0.6) is 0 Å². The summed E-state index contributed by atoms with van der Waals surface area (Å²) in [7, 11) is 1.39. The molecule has 2 rings (SSSR count). The lowest BCUT2D eigenvalue weighted by atomic mass is 10.0. The molecule has 1 aromatic rings. The zero-order chi connectivity index (χ0) is 11.7. The van der Waals surface area contributed by atoms with Crippen LogP contribution in [0.25, 0.3) is 0 Å². The van der Waals surface area contributed by atoms with Gasteiger partial charge in [0.25, 0.3) is 0 Å². The molecule has 0 aromatic heterocycles. The number of methoxy groups -OCH3 is 1. The predicted molar refractivity (Wildman–Crippen MR) is 64.2 cm³/mol. The number of carbonyl (C=O) groups excluding carboxylic acids is 1. The van der Waals surface area contributed by atoms with E-state index in [2.05, 4.69) is 0 Å². The lowest BCUT2D eigenvalue weighted by Crippen LogP contribution is -2.53. The summed E-state index contributed by atoms with van der Waals surface area (Å²) in [5.74, 6) is -0.234. The zero-order valence-corrected chi connectivity index (χ0v) is 10.3. The van der Waals surface area contributed by atoms with E-state index >= 15 is 0 Å². The van der Waals surface area contributed by atoms with E-state index in [4.69, 9.17) is 27.9 Å². The number of carbonyl (C=O) groups is 1. The molecule has 0 spiro atoms. The lowest BCUT2D eigenvalue weighted by molar-refractivity contribution is -0.143. The molecule has 86 valence electrons. The number of anilines is 1. The second-order valence-electron chi connectivity index (χ2n) is 3.59. The number of nitrogens with zero attached hydrogens (tertiary/aromatic N) is 1. The summed E-state index contributed by atoms with van der Waals surface area (Å²) in [6.45, 7) is 0.791. The third kappa shape index (κ3) is 1.85. The molecule has 1 unspecified atom stereocenters. The van der Waals surface area contributed by atoms with Crippen LogP contribution in [0.2, 0.25) is 10.0 Å². The van der Waals surface area contributed by atoms with Crippen LogP contribution >= 0.6 is 23.2 Å². The van der Waals surface area contributed by atoms with Crippen molar-refractivity contribution in [2.45, 2.75) is 12.5 Å². The first-order valence-electron chi connectivity index (χ1n) is 4.93. The predicted octanol–water partition coefficient (Wildman–Crippen LogP) is 2.75. The minimum atomic E-state index is -0.235. The van der Waals surface area contributed by atoms with Crippen molar-refractivity contribution >= 4 is 34.9 Å². The normalized spacial score (nSPS) is 19.2. The Morgan fingerprint density at radius 2 is 2.25 bits per heavy atom. The molecule has 5 heteroatoms. The van der Waals surface area contributed by atoms with Crippen molar-refractivity contribution in [2.75, 3.05) is 18.6 Å². The summed E-state index contributed by atoms with van der Waals surface area (Å²) in [4.78, 5) is 13.3. The summed E-state index contributed by atoms with van der Waals surface area (Å²) < 4.78 is 4.72. The van der Waals surface area contributed by atoms with E-state index in [-0.39, 0.29) is 12.0 Å². The van der Waals surface area contributed by atoms with E-state index in [0.29, 0.717) is 10.0 Å². The summed E-state index contributed by atoms with van der Waals surface area (Å²) in [5, 5.41) is 0.979. The van der Waals surface area contributed by atoms with Crippen molar-refractivity contribution in [3.63, 3.8) is 0 Å². The molecular formula is C11H11Cl2NO2. The van der Waals surface area contributed by atoms with Gasteiger partial charge in [-0.3, -0.25) is 0 Å². The number of esters is 1. The van der Waals surface area contributed by atoms with Gasteiger partial charge in [0.1, 0.15) is 6.04 Å². The van der Waals surface area contributed by atoms with E-state index < -0.39 is 0 Å². The van der Waals surface area contributed by atoms with E-state index in [1.165, 1.54) is 7.11 Å². The van der Waals surface area contributed by atoms with Crippen molar-refractivity contribution in [2.24, 2.45) is 0 Å². The molecule has 1 aliphatic rings. The van der Waals surface area contributed by atoms with E-state index in [0.717, 1.165) is 18.7 Å². The van der Waals surface area contributed by atoms with Crippen LogP contribution < -0.4 is 4.90 Å². The molecule has 0 bridgehead atoms. The van der Waals surface area contributed by atoms with Crippen molar-refractivity contribution in [1.29, 1.82) is 0 Å². The van der Waals surface area contributed by atoms with Gasteiger partial charge in [-0.15, -0.1) is 0 Å². The number of hydrogen-bond donors (Lipinski definition) is 0. The SMILES string of the molecule is COC(=O)C1CCN1c1cccc(Cl)c1Cl. The van der Waals surface area contributed by atoms with Crippen LogP contribution in [-0.2, 0) is 9.53 Å². The quantitative estimate of drug-likeness (QED) is 0.766. The van der Waals surface area contributed by atoms with Gasteiger partial charge in [-0.25, -0.2) is 4.79 Å². The third-order valence-corrected chi connectivity index (χ3v) is 3.54. The molecule has 1 aromatic carbocycles. The van der Waals surface area contributed by atoms with Crippen molar-refractivity contribution in [1.82, 2.24) is 0 Å². The Hall–Kier alpha value is -0.930. The second-order valence-corrected chi connectivity index (χ2v) is 4.38. The van der Waals surface area contributed by atoms with E-state index in [1.807, 2.05) is 17.0 Å². The smallest absolute Gasteiger partial charge is 0.328 e. The Kier molecular flexibility index (Phi) is 3.26. The first kappa shape index (κ1) is 11.6. The molecule has 1 heterocycles. The van der Waals surface area contributed by atoms with Crippen LogP contribution in [0.4, 0.5) is 5.69 Å². The second kappa shape index (κ2) is 4.52. The molecular weight excluding hydrogens is 249 g/mol. The van der Waals surface area contributed by atoms with Crippen molar-refractivity contribution in [3.8, 4) is 0 Å². The van der Waals surface area contributed by atoms with Crippen molar-refractivity contribution < 1.29 is 9.53 Å². The number of halogens is 2. The molecule has 0 aliphatic carbocycles. The molecule has 0 radical (unpaired) electrons. The molecule has 16 heavy (non-hydrogen) atoms. The molecule has 1 atom stereocenters. The maximum Gasteiger partial charge on any atom is 0.328 e. The van der Waals surface area contributed by atoms with Gasteiger partial charge in [0.05, 0.1) is 22.8 Å². The van der Waals surface area contributed by atoms with Crippen LogP contribution in [-0.4, -0.2) is 25.7 Å². The summed E-state index contributed by atoms with van der Waals surface area (Å²) in [6, 6.07) is 5.15. The Morgan fingerprint density at radius 1 is 1.50 bits per heavy atom. The highest BCUT2D eigenvalue weighted by Crippen LogP contribution is 2.37. The van der Waals surface area contributed by atoms with Gasteiger partial charge in [0.2, 0.25) is 0 Å². The van der Waals surface area contributed by atoms with Crippen molar-refractivity contribution in [3.05, 3.63) is 28.2 Å². The van der Waals surface area contributed by atoms with E-state index in [9.17, 15) is 4.79 Å². The maximum absolute atomic E-state index is 11.4. The molecule has 0 N–H and O–H groups in total. The summed E-state index contributed by atoms with van der Waals surface area (Å²) in [5.41, 5.74) is 0.788. The highest BCUT2D eigenvalue weighted by molar-refractivity contribution is 6.43. The van der Waals surface area contributed by atoms with Gasteiger partial charge < -0.3 is 9.64 Å². The van der Waals surface area contributed by atoms with Gasteiger partial charge in [0, 0.05) is 6.54 Å². The Morgan fingerprint density at radius 3 is 2.81 bits per heavy atom. The van der Waals surface area contributed by atoms with Gasteiger partial charge in [-0.05, 0) is 18.6 Å². The average Bonchev–Trinajstić information content (AvgIpc) is 2.23. The Labute approximate surface area is 104 Å². The summed E-state index contributed by atoms with van der Waals surface area (Å²) in [6.07, 6.45) is 0.787. The highest BCUT2D eigenvalue weighted by Gasteiger charge is 2.36. The van der Waals surface area contributed by atoms with Gasteiger partial charge in [-0.1, -0.05) is 29.3 Å². The number of ether oxygens (including phenoxy) is 1. The number of rotatable bonds is 2. The fraction of sp³-hybridized carbons (Fsp3) is 0.364. The maximum atomic E-state index is 11.4. The van der Waals surface area contributed by atoms with E-state index in [1.54, 1.807) is 6.07 Å². The van der Waals surface area contributed by atoms with Crippen LogP contribution in [0.1, 0.15) is 6.42 Å². The molecule has 0 amide bonds. The molecule has 1 fully saturated rings. The fourth-order valence-corrected chi connectivity index (χ4v) is 2.18. The Balaban J connectivity index is 2.25. The molecule has 1 saturated heterocycles. The number of benzene rings is 1. The Bertz CT molecular complexity index is 422. The molecule has 1 aliphatic heterocycles. The zero-order valence-electron chi connectivity index (χ0n) is 8.74. The monoisotopic (exact) mass is 259 g/mol. The van der Waals surface area contributed by atoms with Gasteiger partial charge in [0.15, 0.2) is 0 Å². The van der Waals surface area contributed by atoms with Crippen LogP contribution in [0, 0.1) is 0 Å². The highest BCUT2D eigenvalue weighted by atomic mass is 35.5. The molecule has 3 nitrogen and oxygen atoms in total. The van der Waals surface area contributed by atoms with Gasteiger partial charge in [-0.2, -0.15) is 0 Å². The largest absolute Gasteiger partial charge is 0.467 e. The lowest BCUT2D eigenvalue weighted by Gasteiger charge is -2.41. The first-order chi connectivity index (χ1) is 7.65. The average molecular weight is 260 g/mol. The van der Waals surface area contributed by atoms with Gasteiger partial charge >= 0.3 is 5.97 Å². The van der Waals surface area contributed by atoms with Crippen LogP contribution in [0.3, 0.4) is 0 Å². The summed E-state index contributed by atoms with van der Waals surface area (Å²) >= 11 is 12.0. The standard InChI is InChI=1S/C11H11Cl2NO2/c1-16-11(15)9-5-6-14(9)8-4-2-3-7(12)10(8)13/h2-4,9H,5-6H2,1H3. The first-order valence-corrected chi connectivity index (χ1v) is 5.69. The topological polar surface area (TPSA) is 29.5 Å². The van der Waals surface area contributed by atoms with Crippen LogP contribution in [0.15, 0.2) is 18.2 Å². The minimum absolute atomic E-state index is 0.234. The fourth-order valence-electron chi connectivity index (χ4n) is 1.77. The number of hydrogen-bond acceptors (Lipinski definition) is 3. The minimum Gasteiger partial charge on any atom is -0.467 e.